The van der Waals surface area contributed by atoms with E-state index < -0.39 is 0 Å². The molecule has 1 aliphatic heterocycles. The van der Waals surface area contributed by atoms with Crippen molar-refractivity contribution >= 4 is 5.57 Å². The van der Waals surface area contributed by atoms with Crippen LogP contribution in [0.15, 0.2) is 42.6 Å². The molecule has 0 unspecified atom stereocenters. The van der Waals surface area contributed by atoms with Crippen LogP contribution in [0.1, 0.15) is 49.8 Å². The van der Waals surface area contributed by atoms with Crippen molar-refractivity contribution in [3.8, 4) is 5.69 Å². The van der Waals surface area contributed by atoms with Gasteiger partial charge in [0.2, 0.25) is 0 Å². The van der Waals surface area contributed by atoms with E-state index in [1.165, 1.54) is 74.1 Å². The Bertz CT molecular complexity index is 691. The summed E-state index contributed by atoms with van der Waals surface area (Å²) in [7, 11) is 0. The largest absolute Gasteiger partial charge is 0.300 e. The Morgan fingerprint density at radius 3 is 2.50 bits per heavy atom. The van der Waals surface area contributed by atoms with Crippen LogP contribution in [-0.2, 0) is 6.42 Å². The van der Waals surface area contributed by atoms with Gasteiger partial charge >= 0.3 is 0 Å². The number of hydrogen-bond acceptors (Lipinski definition) is 2. The monoisotopic (exact) mass is 321 g/mol. The maximum Gasteiger partial charge on any atom is 0.0649 e. The molecule has 4 rings (SSSR count). The van der Waals surface area contributed by atoms with E-state index >= 15 is 0 Å². The van der Waals surface area contributed by atoms with Crippen LogP contribution in [0.5, 0.6) is 0 Å². The van der Waals surface area contributed by atoms with Crippen LogP contribution < -0.4 is 0 Å². The van der Waals surface area contributed by atoms with Crippen LogP contribution in [0.2, 0.25) is 0 Å². The predicted molar refractivity (Wildman–Crippen MR) is 99.4 cm³/mol. The second-order valence-corrected chi connectivity index (χ2v) is 7.05. The van der Waals surface area contributed by atoms with Gasteiger partial charge in [-0.15, -0.1) is 0 Å². The van der Waals surface area contributed by atoms with E-state index in [0.717, 1.165) is 13.0 Å². The van der Waals surface area contributed by atoms with Crippen LogP contribution in [-0.4, -0.2) is 34.3 Å². The summed E-state index contributed by atoms with van der Waals surface area (Å²) in [4.78, 5) is 2.62. The molecule has 24 heavy (non-hydrogen) atoms. The minimum absolute atomic E-state index is 1.10. The van der Waals surface area contributed by atoms with Gasteiger partial charge < -0.3 is 0 Å². The molecule has 0 bridgehead atoms. The minimum Gasteiger partial charge on any atom is -0.300 e. The number of para-hydroxylation sites is 1. The maximum atomic E-state index is 4.69. The maximum absolute atomic E-state index is 4.69. The Morgan fingerprint density at radius 2 is 1.71 bits per heavy atom. The quantitative estimate of drug-likeness (QED) is 0.832. The average Bonchev–Trinajstić information content (AvgIpc) is 2.90. The van der Waals surface area contributed by atoms with Crippen molar-refractivity contribution in [2.75, 3.05) is 19.6 Å². The number of aromatic nitrogens is 2. The first kappa shape index (κ1) is 15.6. The van der Waals surface area contributed by atoms with Crippen LogP contribution in [0, 0.1) is 0 Å². The molecule has 1 aliphatic carbocycles. The van der Waals surface area contributed by atoms with E-state index in [2.05, 4.69) is 52.2 Å². The molecular formula is C21H27N3. The van der Waals surface area contributed by atoms with E-state index in [-0.39, 0.29) is 0 Å². The molecule has 1 aromatic heterocycles. The number of fused-ring (bicyclic) bond motifs is 1. The Morgan fingerprint density at radius 1 is 0.917 bits per heavy atom. The third kappa shape index (κ3) is 3.32. The van der Waals surface area contributed by atoms with Crippen molar-refractivity contribution in [2.45, 2.75) is 44.9 Å². The fraction of sp³-hybridized carbons (Fsp3) is 0.476. The van der Waals surface area contributed by atoms with Gasteiger partial charge in [-0.2, -0.15) is 5.10 Å². The molecule has 0 N–H and O–H groups in total. The lowest BCUT2D eigenvalue weighted by Gasteiger charge is -2.21. The normalized spacial score (nSPS) is 20.8. The first-order valence-corrected chi connectivity index (χ1v) is 9.46. The highest BCUT2D eigenvalue weighted by molar-refractivity contribution is 5.69. The lowest BCUT2D eigenvalue weighted by Crippen LogP contribution is -2.24. The summed E-state index contributed by atoms with van der Waals surface area (Å²) in [6, 6.07) is 10.5. The Hall–Kier alpha value is -1.87. The first-order valence-electron chi connectivity index (χ1n) is 9.46. The zero-order valence-electron chi connectivity index (χ0n) is 14.5. The van der Waals surface area contributed by atoms with Crippen molar-refractivity contribution in [1.82, 2.24) is 14.7 Å². The van der Waals surface area contributed by atoms with Gasteiger partial charge in [0.15, 0.2) is 0 Å². The van der Waals surface area contributed by atoms with Crippen molar-refractivity contribution in [3.05, 3.63) is 53.9 Å². The van der Waals surface area contributed by atoms with Crippen LogP contribution in [0.3, 0.4) is 0 Å². The molecule has 2 aliphatic rings. The zero-order chi connectivity index (χ0) is 16.2. The van der Waals surface area contributed by atoms with Crippen molar-refractivity contribution in [2.24, 2.45) is 0 Å². The summed E-state index contributed by atoms with van der Waals surface area (Å²) in [5.74, 6) is 0. The minimum atomic E-state index is 1.10. The van der Waals surface area contributed by atoms with Gasteiger partial charge in [0.05, 0.1) is 17.6 Å². The summed E-state index contributed by atoms with van der Waals surface area (Å²) in [5, 5.41) is 4.69. The van der Waals surface area contributed by atoms with Crippen molar-refractivity contribution < 1.29 is 0 Å². The van der Waals surface area contributed by atoms with Crippen molar-refractivity contribution in [1.29, 1.82) is 0 Å². The Labute approximate surface area is 145 Å². The smallest absolute Gasteiger partial charge is 0.0649 e. The molecule has 0 saturated carbocycles. The second-order valence-electron chi connectivity index (χ2n) is 7.05. The fourth-order valence-corrected chi connectivity index (χ4v) is 4.03. The van der Waals surface area contributed by atoms with E-state index in [4.69, 9.17) is 5.10 Å². The van der Waals surface area contributed by atoms with E-state index in [0.29, 0.717) is 0 Å². The molecule has 3 heteroatoms. The van der Waals surface area contributed by atoms with Gasteiger partial charge in [0.25, 0.3) is 0 Å². The second kappa shape index (κ2) is 7.35. The molecular weight excluding hydrogens is 294 g/mol. The number of allylic oxidation sites excluding steroid dienone is 1. The highest BCUT2D eigenvalue weighted by Crippen LogP contribution is 2.32. The topological polar surface area (TPSA) is 21.1 Å². The standard InChI is InChI=1S/C21H27N3/c1-2-7-15-23(14-6-1)16-13-18-9-8-12-21-20(18)17-22-24(21)19-10-4-3-5-11-19/h3-5,10-11,13,17H,1-2,6-9,12,14-16H2. The first-order chi connectivity index (χ1) is 11.9. The highest BCUT2D eigenvalue weighted by Gasteiger charge is 2.20. The van der Waals surface area contributed by atoms with Crippen molar-refractivity contribution in [3.63, 3.8) is 0 Å². The van der Waals surface area contributed by atoms with Gasteiger partial charge in [-0.1, -0.05) is 37.1 Å². The number of benzene rings is 1. The van der Waals surface area contributed by atoms with Gasteiger partial charge in [-0.25, -0.2) is 4.68 Å². The molecule has 1 fully saturated rings. The average molecular weight is 321 g/mol. The molecule has 2 heterocycles. The van der Waals surface area contributed by atoms with Gasteiger partial charge in [0.1, 0.15) is 0 Å². The highest BCUT2D eigenvalue weighted by atomic mass is 15.3. The summed E-state index contributed by atoms with van der Waals surface area (Å²) in [6.45, 7) is 3.63. The number of likely N-dealkylation sites (tertiary alicyclic amines) is 1. The van der Waals surface area contributed by atoms with E-state index in [1.807, 2.05) is 0 Å². The van der Waals surface area contributed by atoms with Crippen LogP contribution in [0.25, 0.3) is 11.3 Å². The summed E-state index contributed by atoms with van der Waals surface area (Å²) in [5.41, 5.74) is 5.43. The molecule has 1 saturated heterocycles. The van der Waals surface area contributed by atoms with Gasteiger partial charge in [0, 0.05) is 12.1 Å². The third-order valence-corrected chi connectivity index (χ3v) is 5.37. The molecule has 1 aromatic carbocycles. The molecule has 0 atom stereocenters. The number of hydrogen-bond donors (Lipinski definition) is 0. The van der Waals surface area contributed by atoms with Crippen LogP contribution >= 0.6 is 0 Å². The SMILES string of the molecule is C(CN1CCCCCC1)=C1CCCc2c1cnn2-c1ccccc1. The third-order valence-electron chi connectivity index (χ3n) is 5.37. The number of nitrogens with zero attached hydrogens (tertiary/aromatic N) is 3. The molecule has 0 spiro atoms. The Balaban J connectivity index is 1.55. The molecule has 0 radical (unpaired) electrons. The predicted octanol–water partition coefficient (Wildman–Crippen LogP) is 4.47. The van der Waals surface area contributed by atoms with E-state index in [1.54, 1.807) is 0 Å². The summed E-state index contributed by atoms with van der Waals surface area (Å²) < 4.78 is 2.13. The van der Waals surface area contributed by atoms with Gasteiger partial charge in [-0.3, -0.25) is 4.90 Å². The lowest BCUT2D eigenvalue weighted by atomic mass is 9.92. The number of rotatable bonds is 3. The summed E-state index contributed by atoms with van der Waals surface area (Å²) >= 11 is 0. The molecule has 2 aromatic rings. The zero-order valence-corrected chi connectivity index (χ0v) is 14.5. The fourth-order valence-electron chi connectivity index (χ4n) is 4.03. The van der Waals surface area contributed by atoms with E-state index in [9.17, 15) is 0 Å². The molecule has 3 nitrogen and oxygen atoms in total. The lowest BCUT2D eigenvalue weighted by molar-refractivity contribution is 0.316. The van der Waals surface area contributed by atoms with Gasteiger partial charge in [-0.05, 0) is 62.9 Å². The van der Waals surface area contributed by atoms with Crippen LogP contribution in [0.4, 0.5) is 0 Å². The Kier molecular flexibility index (Phi) is 4.79. The molecule has 0 amide bonds. The molecule has 126 valence electrons. The summed E-state index contributed by atoms with van der Waals surface area (Å²) in [6.07, 6.45) is 13.6.